The monoisotopic (exact) mass is 477 g/mol. The highest BCUT2D eigenvalue weighted by Gasteiger charge is 2.20. The number of hydrogen-bond acceptors (Lipinski definition) is 7. The van der Waals surface area contributed by atoms with E-state index in [-0.39, 0.29) is 28.6 Å². The van der Waals surface area contributed by atoms with Crippen LogP contribution in [-0.2, 0) is 20.8 Å². The van der Waals surface area contributed by atoms with Gasteiger partial charge in [-0.05, 0) is 35.9 Å². The average molecular weight is 478 g/mol. The molecule has 2 aromatic carbocycles. The summed E-state index contributed by atoms with van der Waals surface area (Å²) in [5.74, 6) is -1.97. The van der Waals surface area contributed by atoms with Gasteiger partial charge < -0.3 is 14.8 Å². The maximum atomic E-state index is 13.3. The van der Waals surface area contributed by atoms with Gasteiger partial charge in [-0.1, -0.05) is 17.7 Å². The lowest BCUT2D eigenvalue weighted by molar-refractivity contribution is -0.117. The van der Waals surface area contributed by atoms with Gasteiger partial charge in [-0.3, -0.25) is 14.6 Å². The molecule has 1 heterocycles. The van der Waals surface area contributed by atoms with Crippen LogP contribution in [0.2, 0.25) is 5.02 Å². The van der Waals surface area contributed by atoms with E-state index in [0.717, 1.165) is 18.7 Å². The van der Waals surface area contributed by atoms with E-state index >= 15 is 0 Å². The summed E-state index contributed by atoms with van der Waals surface area (Å²) in [7, 11) is 2.46. The van der Waals surface area contributed by atoms with Crippen molar-refractivity contribution >= 4 is 35.1 Å². The van der Waals surface area contributed by atoms with Crippen molar-refractivity contribution in [2.24, 2.45) is 0 Å². The van der Waals surface area contributed by atoms with Crippen LogP contribution in [0.25, 0.3) is 0 Å². The smallest absolute Gasteiger partial charge is 0.337 e. The van der Waals surface area contributed by atoms with E-state index in [1.165, 1.54) is 38.5 Å². The number of esters is 2. The predicted molar refractivity (Wildman–Crippen MR) is 121 cm³/mol. The number of rotatable bonds is 7. The molecule has 0 aliphatic carbocycles. The number of ether oxygens (including phenoxy) is 2. The summed E-state index contributed by atoms with van der Waals surface area (Å²) in [4.78, 5) is 40.6. The number of carbonyl (C=O) groups excluding carboxylic acids is 3. The van der Waals surface area contributed by atoms with Gasteiger partial charge in [0.05, 0.1) is 36.9 Å². The van der Waals surface area contributed by atoms with Gasteiger partial charge in [0.25, 0.3) is 0 Å². The first kappa shape index (κ1) is 24.6. The number of amides is 1. The van der Waals surface area contributed by atoms with Gasteiger partial charge in [0, 0.05) is 38.4 Å². The van der Waals surface area contributed by atoms with Crippen LogP contribution in [0.3, 0.4) is 0 Å². The van der Waals surface area contributed by atoms with E-state index in [1.807, 2.05) is 4.90 Å². The van der Waals surface area contributed by atoms with Crippen LogP contribution in [0.15, 0.2) is 36.4 Å². The van der Waals surface area contributed by atoms with Crippen molar-refractivity contribution in [3.05, 3.63) is 63.9 Å². The predicted octanol–water partition coefficient (Wildman–Crippen LogP) is 2.81. The van der Waals surface area contributed by atoms with Crippen molar-refractivity contribution in [1.82, 2.24) is 9.80 Å². The van der Waals surface area contributed by atoms with Crippen LogP contribution in [0.1, 0.15) is 26.3 Å². The molecule has 1 saturated heterocycles. The molecular formula is C23H25ClFN3O5. The molecule has 1 fully saturated rings. The Morgan fingerprint density at radius 3 is 2.06 bits per heavy atom. The van der Waals surface area contributed by atoms with Crippen molar-refractivity contribution in [1.29, 1.82) is 0 Å². The minimum atomic E-state index is -0.630. The Kier molecular flexibility index (Phi) is 8.37. The van der Waals surface area contributed by atoms with Crippen molar-refractivity contribution < 1.29 is 28.2 Å². The topological polar surface area (TPSA) is 88.2 Å². The lowest BCUT2D eigenvalue weighted by Gasteiger charge is -2.34. The van der Waals surface area contributed by atoms with Crippen molar-refractivity contribution in [3.63, 3.8) is 0 Å². The first-order chi connectivity index (χ1) is 15.8. The highest BCUT2D eigenvalue weighted by Crippen LogP contribution is 2.19. The molecule has 33 heavy (non-hydrogen) atoms. The highest BCUT2D eigenvalue weighted by molar-refractivity contribution is 6.30. The number of piperazine rings is 1. The molecule has 0 saturated carbocycles. The fraction of sp³-hybridized carbons (Fsp3) is 0.348. The van der Waals surface area contributed by atoms with Gasteiger partial charge in [-0.25, -0.2) is 14.0 Å². The fourth-order valence-electron chi connectivity index (χ4n) is 3.58. The third kappa shape index (κ3) is 6.74. The van der Waals surface area contributed by atoms with E-state index in [2.05, 4.69) is 10.2 Å². The van der Waals surface area contributed by atoms with Crippen molar-refractivity contribution in [2.45, 2.75) is 6.54 Å². The molecule has 1 aliphatic rings. The minimum Gasteiger partial charge on any atom is -0.465 e. The minimum absolute atomic E-state index is 0.106. The Morgan fingerprint density at radius 2 is 1.52 bits per heavy atom. The lowest BCUT2D eigenvalue weighted by atomic mass is 10.1. The van der Waals surface area contributed by atoms with E-state index in [1.54, 1.807) is 12.1 Å². The second kappa shape index (κ2) is 11.2. The van der Waals surface area contributed by atoms with E-state index < -0.39 is 17.8 Å². The normalized spacial score (nSPS) is 14.5. The molecule has 0 radical (unpaired) electrons. The molecule has 0 unspecified atom stereocenters. The average Bonchev–Trinajstić information content (AvgIpc) is 2.81. The van der Waals surface area contributed by atoms with E-state index in [4.69, 9.17) is 21.1 Å². The van der Waals surface area contributed by atoms with Gasteiger partial charge >= 0.3 is 11.9 Å². The Balaban J connectivity index is 1.55. The van der Waals surface area contributed by atoms with Crippen LogP contribution in [0.5, 0.6) is 0 Å². The number of carbonyl (C=O) groups is 3. The number of hydrogen-bond donors (Lipinski definition) is 1. The molecule has 8 nitrogen and oxygen atoms in total. The third-order valence-electron chi connectivity index (χ3n) is 5.28. The number of benzene rings is 2. The number of nitrogens with zero attached hydrogens (tertiary/aromatic N) is 2. The zero-order chi connectivity index (χ0) is 24.0. The molecule has 10 heteroatoms. The molecule has 0 aromatic heterocycles. The molecule has 3 rings (SSSR count). The van der Waals surface area contributed by atoms with Crippen molar-refractivity contribution in [2.75, 3.05) is 52.3 Å². The molecule has 176 valence electrons. The first-order valence-corrected chi connectivity index (χ1v) is 10.7. The Hall–Kier alpha value is -3.01. The number of anilines is 1. The van der Waals surface area contributed by atoms with E-state index in [9.17, 15) is 18.8 Å². The van der Waals surface area contributed by atoms with Crippen molar-refractivity contribution in [3.8, 4) is 0 Å². The van der Waals surface area contributed by atoms with Crippen LogP contribution in [-0.4, -0.2) is 74.6 Å². The van der Waals surface area contributed by atoms with Crippen LogP contribution < -0.4 is 5.32 Å². The van der Waals surface area contributed by atoms with Crippen LogP contribution in [0.4, 0.5) is 10.1 Å². The summed E-state index contributed by atoms with van der Waals surface area (Å²) in [6, 6.07) is 8.94. The fourth-order valence-corrected chi connectivity index (χ4v) is 3.78. The molecule has 2 aromatic rings. The summed E-state index contributed by atoms with van der Waals surface area (Å²) < 4.78 is 22.7. The zero-order valence-corrected chi connectivity index (χ0v) is 19.2. The zero-order valence-electron chi connectivity index (χ0n) is 18.4. The largest absolute Gasteiger partial charge is 0.465 e. The summed E-state index contributed by atoms with van der Waals surface area (Å²) in [5, 5.41) is 2.84. The van der Waals surface area contributed by atoms with Crippen LogP contribution in [0, 0.1) is 5.82 Å². The second-order valence-electron chi connectivity index (χ2n) is 7.63. The maximum Gasteiger partial charge on any atom is 0.337 e. The SMILES string of the molecule is COC(=O)c1cc(NC(=O)CN2CCN(Cc3ccc(F)c(Cl)c3)CC2)cc(C(=O)OC)c1. The summed E-state index contributed by atoms with van der Waals surface area (Å²) in [6.45, 7) is 3.65. The molecule has 1 amide bonds. The van der Waals surface area contributed by atoms with Gasteiger partial charge in [0.15, 0.2) is 0 Å². The molecule has 0 bridgehead atoms. The third-order valence-corrected chi connectivity index (χ3v) is 5.57. The molecule has 0 atom stereocenters. The van der Waals surface area contributed by atoms with Gasteiger partial charge in [-0.2, -0.15) is 0 Å². The molecular weight excluding hydrogens is 453 g/mol. The van der Waals surface area contributed by atoms with Gasteiger partial charge in [0.2, 0.25) is 5.91 Å². The maximum absolute atomic E-state index is 13.3. The summed E-state index contributed by atoms with van der Waals surface area (Å²) in [5.41, 5.74) is 1.49. The lowest BCUT2D eigenvalue weighted by Crippen LogP contribution is -2.48. The summed E-state index contributed by atoms with van der Waals surface area (Å²) >= 11 is 5.85. The Bertz CT molecular complexity index is 1010. The van der Waals surface area contributed by atoms with Gasteiger partial charge in [0.1, 0.15) is 5.82 Å². The standard InChI is InChI=1S/C23H25ClFN3O5/c1-32-22(30)16-10-17(23(31)33-2)12-18(11-16)26-21(29)14-28-7-5-27(6-8-28)13-15-3-4-20(25)19(24)9-15/h3-4,9-12H,5-8,13-14H2,1-2H3,(H,26,29). The van der Waals surface area contributed by atoms with Gasteiger partial charge in [-0.15, -0.1) is 0 Å². The number of halogens is 2. The number of nitrogens with one attached hydrogen (secondary N) is 1. The van der Waals surface area contributed by atoms with Crippen LogP contribution >= 0.6 is 11.6 Å². The molecule has 1 aliphatic heterocycles. The quantitative estimate of drug-likeness (QED) is 0.613. The Labute approximate surface area is 196 Å². The number of methoxy groups -OCH3 is 2. The Morgan fingerprint density at radius 1 is 0.939 bits per heavy atom. The first-order valence-electron chi connectivity index (χ1n) is 10.3. The molecule has 0 spiro atoms. The van der Waals surface area contributed by atoms with E-state index in [0.29, 0.717) is 25.3 Å². The second-order valence-corrected chi connectivity index (χ2v) is 8.04. The summed E-state index contributed by atoms with van der Waals surface area (Å²) in [6.07, 6.45) is 0. The molecule has 1 N–H and O–H groups in total. The highest BCUT2D eigenvalue weighted by atomic mass is 35.5.